The topological polar surface area (TPSA) is 111 Å². The normalized spacial score (nSPS) is 18.9. The quantitative estimate of drug-likeness (QED) is 0.361. The summed E-state index contributed by atoms with van der Waals surface area (Å²) in [5.41, 5.74) is 5.33. The Morgan fingerprint density at radius 3 is 2.56 bits per heavy atom. The zero-order valence-corrected chi connectivity index (χ0v) is 11.6. The van der Waals surface area contributed by atoms with Gasteiger partial charge in [-0.1, -0.05) is 6.92 Å². The molecule has 1 aliphatic heterocycles. The van der Waals surface area contributed by atoms with Crippen LogP contribution in [0.2, 0.25) is 0 Å². The highest BCUT2D eigenvalue weighted by Gasteiger charge is 2.23. The van der Waals surface area contributed by atoms with Gasteiger partial charge in [-0.15, -0.1) is 0 Å². The van der Waals surface area contributed by atoms with Crippen molar-refractivity contribution in [1.82, 2.24) is 14.3 Å². The summed E-state index contributed by atoms with van der Waals surface area (Å²) >= 11 is 0. The molecule has 1 heterocycles. The monoisotopic (exact) mass is 277 g/mol. The molecule has 1 aliphatic rings. The highest BCUT2D eigenvalue weighted by atomic mass is 32.2. The number of hydrogen-bond donors (Lipinski definition) is 4. The molecule has 0 aromatic rings. The fourth-order valence-electron chi connectivity index (χ4n) is 1.95. The Hall–Kier alpha value is -0.700. The molecule has 5 N–H and O–H groups in total. The number of likely N-dealkylation sites (tertiary alicyclic amines) is 1. The number of nitrogens with zero attached hydrogens (tertiary/aromatic N) is 1. The first kappa shape index (κ1) is 15.4. The second kappa shape index (κ2) is 7.03. The summed E-state index contributed by atoms with van der Waals surface area (Å²) in [5, 5.41) is 7.22. The van der Waals surface area contributed by atoms with Crippen molar-refractivity contribution >= 4 is 16.0 Å². The summed E-state index contributed by atoms with van der Waals surface area (Å²) in [7, 11) is -3.37. The predicted octanol–water partition coefficient (Wildman–Crippen LogP) is -0.779. The Morgan fingerprint density at radius 1 is 1.44 bits per heavy atom. The molecule has 0 atom stereocenters. The maximum Gasteiger partial charge on any atom is 0.277 e. The first-order chi connectivity index (χ1) is 8.43. The molecule has 106 valence electrons. The van der Waals surface area contributed by atoms with Crippen LogP contribution in [0.4, 0.5) is 0 Å². The van der Waals surface area contributed by atoms with E-state index < -0.39 is 10.2 Å². The van der Waals surface area contributed by atoms with Crippen molar-refractivity contribution in [3.05, 3.63) is 0 Å². The van der Waals surface area contributed by atoms with Gasteiger partial charge >= 0.3 is 0 Å². The molecule has 0 saturated carbocycles. The highest BCUT2D eigenvalue weighted by Crippen LogP contribution is 2.10. The van der Waals surface area contributed by atoms with Crippen molar-refractivity contribution in [2.24, 2.45) is 5.73 Å². The van der Waals surface area contributed by atoms with Crippen LogP contribution in [0.3, 0.4) is 0 Å². The van der Waals surface area contributed by atoms with E-state index in [0.29, 0.717) is 13.1 Å². The highest BCUT2D eigenvalue weighted by molar-refractivity contribution is 7.87. The Kier molecular flexibility index (Phi) is 6.00. The van der Waals surface area contributed by atoms with E-state index in [0.717, 1.165) is 32.4 Å². The molecule has 0 aliphatic carbocycles. The van der Waals surface area contributed by atoms with E-state index in [1.807, 2.05) is 6.92 Å². The van der Waals surface area contributed by atoms with E-state index in [2.05, 4.69) is 14.3 Å². The Morgan fingerprint density at radius 2 is 2.06 bits per heavy atom. The standard InChI is InChI=1S/C10H23N5O2S/c1-2-5-13-18(16,17)14-9-3-6-15(7-4-9)8-10(11)12/h9,13-14H,2-8H2,1H3,(H3,11,12). The third-order valence-corrected chi connectivity index (χ3v) is 4.07. The molecule has 0 spiro atoms. The number of hydrogen-bond acceptors (Lipinski definition) is 4. The number of amidine groups is 1. The van der Waals surface area contributed by atoms with Crippen LogP contribution in [0, 0.1) is 5.41 Å². The zero-order valence-electron chi connectivity index (χ0n) is 10.8. The van der Waals surface area contributed by atoms with E-state index in [4.69, 9.17) is 11.1 Å². The maximum atomic E-state index is 11.6. The molecular weight excluding hydrogens is 254 g/mol. The van der Waals surface area contributed by atoms with E-state index in [9.17, 15) is 8.42 Å². The fraction of sp³-hybridized carbons (Fsp3) is 0.900. The molecule has 1 fully saturated rings. The van der Waals surface area contributed by atoms with E-state index >= 15 is 0 Å². The molecule has 1 saturated heterocycles. The van der Waals surface area contributed by atoms with Crippen LogP contribution in [-0.2, 0) is 10.2 Å². The van der Waals surface area contributed by atoms with E-state index in [1.165, 1.54) is 0 Å². The van der Waals surface area contributed by atoms with Gasteiger partial charge in [0.25, 0.3) is 10.2 Å². The first-order valence-corrected chi connectivity index (χ1v) is 7.73. The van der Waals surface area contributed by atoms with Gasteiger partial charge < -0.3 is 5.73 Å². The van der Waals surface area contributed by atoms with Crippen LogP contribution in [0.15, 0.2) is 0 Å². The Bertz CT molecular complexity index is 362. The van der Waals surface area contributed by atoms with Crippen molar-refractivity contribution in [2.45, 2.75) is 32.2 Å². The van der Waals surface area contributed by atoms with Gasteiger partial charge in [-0.2, -0.15) is 13.1 Å². The molecule has 0 bridgehead atoms. The molecule has 0 aromatic heterocycles. The van der Waals surface area contributed by atoms with Gasteiger partial charge in [-0.05, 0) is 19.3 Å². The van der Waals surface area contributed by atoms with Crippen LogP contribution in [0.1, 0.15) is 26.2 Å². The molecule has 1 rings (SSSR count). The van der Waals surface area contributed by atoms with Gasteiger partial charge in [0.15, 0.2) is 0 Å². The third kappa shape index (κ3) is 5.76. The summed E-state index contributed by atoms with van der Waals surface area (Å²) < 4.78 is 28.4. The lowest BCUT2D eigenvalue weighted by atomic mass is 10.1. The number of nitrogens with two attached hydrogens (primary N) is 1. The first-order valence-electron chi connectivity index (χ1n) is 6.25. The van der Waals surface area contributed by atoms with Crippen LogP contribution in [0.25, 0.3) is 0 Å². The summed E-state index contributed by atoms with van der Waals surface area (Å²) in [6.45, 7) is 4.37. The van der Waals surface area contributed by atoms with Gasteiger partial charge in [0, 0.05) is 25.7 Å². The summed E-state index contributed by atoms with van der Waals surface area (Å²) in [6, 6.07) is -0.0254. The zero-order chi connectivity index (χ0) is 13.6. The summed E-state index contributed by atoms with van der Waals surface area (Å²) in [4.78, 5) is 2.06. The second-order valence-electron chi connectivity index (χ2n) is 4.59. The lowest BCUT2D eigenvalue weighted by Crippen LogP contribution is -2.49. The van der Waals surface area contributed by atoms with Gasteiger partial charge in [0.2, 0.25) is 0 Å². The molecule has 7 nitrogen and oxygen atoms in total. The smallest absolute Gasteiger partial charge is 0.277 e. The van der Waals surface area contributed by atoms with Gasteiger partial charge in [0.1, 0.15) is 5.84 Å². The summed E-state index contributed by atoms with van der Waals surface area (Å²) in [6.07, 6.45) is 2.28. The minimum absolute atomic E-state index is 0.0254. The molecular formula is C10H23N5O2S. The fourth-order valence-corrected chi connectivity index (χ4v) is 3.18. The van der Waals surface area contributed by atoms with E-state index in [1.54, 1.807) is 0 Å². The molecule has 0 aromatic carbocycles. The molecule has 18 heavy (non-hydrogen) atoms. The van der Waals surface area contributed by atoms with E-state index in [-0.39, 0.29) is 11.9 Å². The van der Waals surface area contributed by atoms with Crippen LogP contribution < -0.4 is 15.2 Å². The van der Waals surface area contributed by atoms with Crippen LogP contribution in [-0.4, -0.2) is 51.4 Å². The SMILES string of the molecule is CCCNS(=O)(=O)NC1CCN(CC(=N)N)CC1. The molecule has 0 unspecified atom stereocenters. The summed E-state index contributed by atoms with van der Waals surface area (Å²) in [5.74, 6) is 0.152. The predicted molar refractivity (Wildman–Crippen MR) is 71.7 cm³/mol. The van der Waals surface area contributed by atoms with Crippen molar-refractivity contribution in [3.63, 3.8) is 0 Å². The van der Waals surface area contributed by atoms with Crippen molar-refractivity contribution < 1.29 is 8.42 Å². The molecule has 0 amide bonds. The maximum absolute atomic E-state index is 11.6. The van der Waals surface area contributed by atoms with Crippen LogP contribution >= 0.6 is 0 Å². The average molecular weight is 277 g/mol. The molecule has 0 radical (unpaired) electrons. The third-order valence-electron chi connectivity index (χ3n) is 2.85. The Labute approximate surface area is 109 Å². The number of nitrogens with one attached hydrogen (secondary N) is 3. The van der Waals surface area contributed by atoms with Gasteiger partial charge in [0.05, 0.1) is 6.54 Å². The largest absolute Gasteiger partial charge is 0.387 e. The lowest BCUT2D eigenvalue weighted by molar-refractivity contribution is 0.231. The van der Waals surface area contributed by atoms with Crippen molar-refractivity contribution in [2.75, 3.05) is 26.2 Å². The minimum atomic E-state index is -3.37. The van der Waals surface area contributed by atoms with Gasteiger partial charge in [-0.25, -0.2) is 4.72 Å². The second-order valence-corrected chi connectivity index (χ2v) is 6.12. The van der Waals surface area contributed by atoms with Crippen molar-refractivity contribution in [3.8, 4) is 0 Å². The van der Waals surface area contributed by atoms with Crippen molar-refractivity contribution in [1.29, 1.82) is 5.41 Å². The number of rotatable bonds is 7. The Balaban J connectivity index is 2.33. The van der Waals surface area contributed by atoms with Gasteiger partial charge in [-0.3, -0.25) is 10.3 Å². The van der Waals surface area contributed by atoms with Crippen LogP contribution in [0.5, 0.6) is 0 Å². The molecule has 8 heteroatoms. The average Bonchev–Trinajstić information content (AvgIpc) is 2.28. The number of piperidine rings is 1. The minimum Gasteiger partial charge on any atom is -0.387 e. The lowest BCUT2D eigenvalue weighted by Gasteiger charge is -2.31.